The maximum Gasteiger partial charge on any atom is 0.340 e. The molecule has 0 spiro atoms. The number of ether oxygens (including phenoxy) is 1. The van der Waals surface area contributed by atoms with E-state index in [1.807, 2.05) is 42.5 Å². The summed E-state index contributed by atoms with van der Waals surface area (Å²) in [6.07, 6.45) is 6.00. The summed E-state index contributed by atoms with van der Waals surface area (Å²) in [5.74, 6) is 0.210. The van der Waals surface area contributed by atoms with Gasteiger partial charge in [0.25, 0.3) is 5.56 Å². The van der Waals surface area contributed by atoms with Crippen LogP contribution in [0, 0.1) is 0 Å². The normalized spacial score (nSPS) is 14.3. The molecule has 0 unspecified atom stereocenters. The van der Waals surface area contributed by atoms with Gasteiger partial charge in [0.15, 0.2) is 6.73 Å². The molecule has 8 heteroatoms. The van der Waals surface area contributed by atoms with E-state index in [9.17, 15) is 9.59 Å². The molecule has 6 rings (SSSR count). The number of para-hydroxylation sites is 1. The number of pyridine rings is 1. The van der Waals surface area contributed by atoms with Crippen molar-refractivity contribution in [2.24, 2.45) is 0 Å². The molecule has 2 aromatic carbocycles. The molecule has 0 amide bonds. The first-order valence-electron chi connectivity index (χ1n) is 11.3. The number of carbonyl (C=O) groups is 1. The second-order valence-electron chi connectivity index (χ2n) is 8.34. The van der Waals surface area contributed by atoms with Crippen molar-refractivity contribution in [2.75, 3.05) is 0 Å². The van der Waals surface area contributed by atoms with E-state index >= 15 is 0 Å². The second-order valence-corrected chi connectivity index (χ2v) is 8.34. The van der Waals surface area contributed by atoms with Crippen molar-refractivity contribution in [3.8, 4) is 0 Å². The number of fused-ring (bicyclic) bond motifs is 3. The standard InChI is InChI=1S/C27H20N4O4/c32-26-20-10-2-4-13-23(20)29-30-31(26)16-35-27(33)24-19-9-1-3-12-22(19)28-25-17(7-5-11-21(24)25)15-18-8-6-14-34-18/h1-4,6,8-10,12-15H,5,7,11,16H2. The molecule has 3 heterocycles. The summed E-state index contributed by atoms with van der Waals surface area (Å²) in [6, 6.07) is 18.2. The zero-order valence-electron chi connectivity index (χ0n) is 18.7. The molecule has 0 radical (unpaired) electrons. The summed E-state index contributed by atoms with van der Waals surface area (Å²) in [5.41, 5.74) is 3.93. The average Bonchev–Trinajstić information content (AvgIpc) is 3.40. The van der Waals surface area contributed by atoms with E-state index in [1.165, 1.54) is 0 Å². The van der Waals surface area contributed by atoms with Crippen molar-refractivity contribution in [2.45, 2.75) is 26.0 Å². The highest BCUT2D eigenvalue weighted by atomic mass is 16.5. The van der Waals surface area contributed by atoms with E-state index in [1.54, 1.807) is 30.5 Å². The number of esters is 1. The van der Waals surface area contributed by atoms with Gasteiger partial charge in [-0.15, -0.1) is 5.10 Å². The zero-order chi connectivity index (χ0) is 23.8. The first kappa shape index (κ1) is 21.0. The fourth-order valence-electron chi connectivity index (χ4n) is 4.55. The van der Waals surface area contributed by atoms with Crippen LogP contribution in [0.5, 0.6) is 0 Å². The Labute approximate surface area is 199 Å². The smallest absolute Gasteiger partial charge is 0.340 e. The van der Waals surface area contributed by atoms with Gasteiger partial charge in [0.1, 0.15) is 11.3 Å². The molecule has 3 aromatic heterocycles. The van der Waals surface area contributed by atoms with Gasteiger partial charge in [-0.05, 0) is 66.8 Å². The van der Waals surface area contributed by atoms with Gasteiger partial charge in [-0.25, -0.2) is 9.78 Å². The molecule has 0 bridgehead atoms. The lowest BCUT2D eigenvalue weighted by molar-refractivity contribution is 0.0337. The van der Waals surface area contributed by atoms with E-state index < -0.39 is 5.97 Å². The third-order valence-electron chi connectivity index (χ3n) is 6.18. The van der Waals surface area contributed by atoms with Gasteiger partial charge in [0.2, 0.25) is 0 Å². The maximum absolute atomic E-state index is 13.5. The minimum atomic E-state index is -0.527. The molecule has 0 atom stereocenters. The van der Waals surface area contributed by atoms with E-state index in [2.05, 4.69) is 10.3 Å². The predicted octanol–water partition coefficient (Wildman–Crippen LogP) is 4.62. The van der Waals surface area contributed by atoms with Crippen molar-refractivity contribution in [1.82, 2.24) is 20.0 Å². The van der Waals surface area contributed by atoms with Crippen LogP contribution in [0.25, 0.3) is 33.5 Å². The van der Waals surface area contributed by atoms with Crippen molar-refractivity contribution in [1.29, 1.82) is 0 Å². The summed E-state index contributed by atoms with van der Waals surface area (Å²) < 4.78 is 12.2. The van der Waals surface area contributed by atoms with Crippen LogP contribution in [0.15, 0.2) is 76.1 Å². The van der Waals surface area contributed by atoms with Gasteiger partial charge in [0.05, 0.1) is 28.4 Å². The third-order valence-corrected chi connectivity index (χ3v) is 6.18. The molecule has 0 saturated heterocycles. The van der Waals surface area contributed by atoms with Gasteiger partial charge < -0.3 is 9.15 Å². The number of benzene rings is 2. The Balaban J connectivity index is 1.40. The van der Waals surface area contributed by atoms with Crippen molar-refractivity contribution < 1.29 is 13.9 Å². The van der Waals surface area contributed by atoms with Crippen molar-refractivity contribution >= 4 is 39.4 Å². The lowest BCUT2D eigenvalue weighted by atomic mass is 9.86. The minimum absolute atomic E-state index is 0.337. The first-order chi connectivity index (χ1) is 17.2. The second kappa shape index (κ2) is 8.64. The summed E-state index contributed by atoms with van der Waals surface area (Å²) in [7, 11) is 0. The highest BCUT2D eigenvalue weighted by Gasteiger charge is 2.26. The van der Waals surface area contributed by atoms with E-state index in [4.69, 9.17) is 14.1 Å². The Kier molecular flexibility index (Phi) is 5.18. The van der Waals surface area contributed by atoms with Gasteiger partial charge in [0, 0.05) is 5.39 Å². The van der Waals surface area contributed by atoms with Crippen molar-refractivity contribution in [3.63, 3.8) is 0 Å². The number of carbonyl (C=O) groups excluding carboxylic acids is 1. The summed E-state index contributed by atoms with van der Waals surface area (Å²) >= 11 is 0. The molecule has 0 N–H and O–H groups in total. The summed E-state index contributed by atoms with van der Waals surface area (Å²) in [5, 5.41) is 9.10. The van der Waals surface area contributed by atoms with E-state index in [0.717, 1.165) is 40.1 Å². The van der Waals surface area contributed by atoms with Gasteiger partial charge in [-0.2, -0.15) is 4.68 Å². The zero-order valence-corrected chi connectivity index (χ0v) is 18.7. The fourth-order valence-corrected chi connectivity index (χ4v) is 4.55. The summed E-state index contributed by atoms with van der Waals surface area (Å²) in [4.78, 5) is 31.1. The fraction of sp³-hybridized carbons (Fsp3) is 0.148. The Morgan fingerprint density at radius 2 is 1.80 bits per heavy atom. The lowest BCUT2D eigenvalue weighted by Crippen LogP contribution is -2.27. The largest absolute Gasteiger partial charge is 0.465 e. The minimum Gasteiger partial charge on any atom is -0.465 e. The molecule has 172 valence electrons. The number of rotatable bonds is 4. The van der Waals surface area contributed by atoms with Crippen LogP contribution in [-0.2, 0) is 17.9 Å². The van der Waals surface area contributed by atoms with Gasteiger partial charge in [-0.1, -0.05) is 35.5 Å². The molecular formula is C27H20N4O4. The van der Waals surface area contributed by atoms with E-state index in [0.29, 0.717) is 33.8 Å². The first-order valence-corrected chi connectivity index (χ1v) is 11.3. The molecule has 1 aliphatic carbocycles. The monoisotopic (exact) mass is 464 g/mol. The lowest BCUT2D eigenvalue weighted by Gasteiger charge is -2.22. The number of furan rings is 1. The SMILES string of the molecule is O=C(OCn1nnc2ccccc2c1=O)c1c2c(nc3ccccc13)C(=Cc1ccco1)CCC2. The predicted molar refractivity (Wildman–Crippen MR) is 130 cm³/mol. The van der Waals surface area contributed by atoms with Crippen LogP contribution in [-0.4, -0.2) is 25.9 Å². The van der Waals surface area contributed by atoms with Crippen LogP contribution in [0.2, 0.25) is 0 Å². The van der Waals surface area contributed by atoms with Crippen LogP contribution in [0.3, 0.4) is 0 Å². The van der Waals surface area contributed by atoms with E-state index in [-0.39, 0.29) is 12.3 Å². The van der Waals surface area contributed by atoms with Crippen LogP contribution in [0.1, 0.15) is 40.2 Å². The molecular weight excluding hydrogens is 444 g/mol. The molecule has 1 aliphatic rings. The number of nitrogens with zero attached hydrogens (tertiary/aromatic N) is 4. The Bertz CT molecular complexity index is 1670. The van der Waals surface area contributed by atoms with Crippen LogP contribution >= 0.6 is 0 Å². The highest BCUT2D eigenvalue weighted by molar-refractivity contribution is 6.06. The quantitative estimate of drug-likeness (QED) is 0.358. The van der Waals surface area contributed by atoms with Crippen molar-refractivity contribution in [3.05, 3.63) is 99.9 Å². The summed E-state index contributed by atoms with van der Waals surface area (Å²) in [6.45, 7) is -0.337. The Morgan fingerprint density at radius 1 is 1.00 bits per heavy atom. The number of hydrogen-bond acceptors (Lipinski definition) is 7. The highest BCUT2D eigenvalue weighted by Crippen LogP contribution is 2.36. The number of aromatic nitrogens is 4. The molecule has 8 nitrogen and oxygen atoms in total. The number of hydrogen-bond donors (Lipinski definition) is 0. The molecule has 0 fully saturated rings. The maximum atomic E-state index is 13.5. The average molecular weight is 464 g/mol. The Hall–Kier alpha value is -4.59. The van der Waals surface area contributed by atoms with Gasteiger partial charge >= 0.3 is 5.97 Å². The third kappa shape index (κ3) is 3.78. The molecule has 0 saturated carbocycles. The Morgan fingerprint density at radius 3 is 2.63 bits per heavy atom. The topological polar surface area (TPSA) is 100 Å². The van der Waals surface area contributed by atoms with Gasteiger partial charge in [-0.3, -0.25) is 4.79 Å². The molecule has 35 heavy (non-hydrogen) atoms. The number of allylic oxidation sites excluding steroid dienone is 1. The van der Waals surface area contributed by atoms with Crippen LogP contribution < -0.4 is 5.56 Å². The molecule has 5 aromatic rings. The molecule has 0 aliphatic heterocycles. The van der Waals surface area contributed by atoms with Crippen LogP contribution in [0.4, 0.5) is 0 Å².